The van der Waals surface area contributed by atoms with Gasteiger partial charge in [0.25, 0.3) is 16.0 Å². The molecule has 24 heavy (non-hydrogen) atoms. The molecule has 1 aliphatic heterocycles. The highest BCUT2D eigenvalue weighted by Gasteiger charge is 2.32. The zero-order valence-corrected chi connectivity index (χ0v) is 14.7. The summed E-state index contributed by atoms with van der Waals surface area (Å²) in [5.74, 6) is -1.38. The van der Waals surface area contributed by atoms with Gasteiger partial charge in [-0.2, -0.15) is 8.42 Å². The van der Waals surface area contributed by atoms with Crippen molar-refractivity contribution in [2.45, 2.75) is 17.7 Å². The van der Waals surface area contributed by atoms with Gasteiger partial charge in [0.1, 0.15) is 9.22 Å². The second-order valence-electron chi connectivity index (χ2n) is 4.84. The van der Waals surface area contributed by atoms with Crippen molar-refractivity contribution in [2.75, 3.05) is 6.54 Å². The summed E-state index contributed by atoms with van der Waals surface area (Å²) in [7, 11) is -4.42. The lowest BCUT2D eigenvalue weighted by molar-refractivity contribution is -0.137. The van der Waals surface area contributed by atoms with Crippen LogP contribution in [0.3, 0.4) is 0 Å². The van der Waals surface area contributed by atoms with Crippen molar-refractivity contribution in [1.82, 2.24) is 4.90 Å². The first-order chi connectivity index (χ1) is 11.2. The van der Waals surface area contributed by atoms with E-state index in [2.05, 4.69) is 0 Å². The standard InChI is InChI=1S/C14H13NO6S3/c16-12(17)6-3-7-15-13(18)10(23-14(15)22)8-9-4-1-2-5-11(9)24(19,20)21/h1-2,4-5,8H,3,6-7H2,(H,16,17)(H,19,20,21)/b10-8-. The van der Waals surface area contributed by atoms with Crippen molar-refractivity contribution >= 4 is 56.4 Å². The van der Waals surface area contributed by atoms with Crippen molar-refractivity contribution in [3.05, 3.63) is 34.7 Å². The number of carbonyl (C=O) groups is 2. The maximum Gasteiger partial charge on any atom is 0.303 e. The van der Waals surface area contributed by atoms with E-state index < -0.39 is 22.0 Å². The summed E-state index contributed by atoms with van der Waals surface area (Å²) >= 11 is 6.11. The summed E-state index contributed by atoms with van der Waals surface area (Å²) in [5.41, 5.74) is 0.172. The number of carboxylic acids is 1. The molecule has 1 aromatic carbocycles. The Bertz CT molecular complexity index is 831. The van der Waals surface area contributed by atoms with Gasteiger partial charge in [-0.1, -0.05) is 42.2 Å². The molecule has 0 unspecified atom stereocenters. The summed E-state index contributed by atoms with van der Waals surface area (Å²) in [6.45, 7) is 0.175. The molecule has 1 heterocycles. The van der Waals surface area contributed by atoms with Gasteiger partial charge in [-0.15, -0.1) is 0 Å². The minimum Gasteiger partial charge on any atom is -0.481 e. The Morgan fingerprint density at radius 3 is 2.62 bits per heavy atom. The number of thioether (sulfide) groups is 1. The molecule has 2 rings (SSSR count). The lowest BCUT2D eigenvalue weighted by Gasteiger charge is -2.13. The first-order valence-corrected chi connectivity index (χ1v) is 9.40. The minimum absolute atomic E-state index is 0.0816. The molecule has 1 saturated heterocycles. The molecule has 0 saturated carbocycles. The first kappa shape index (κ1) is 18.6. The average molecular weight is 387 g/mol. The number of carbonyl (C=O) groups excluding carboxylic acids is 1. The van der Waals surface area contributed by atoms with Crippen molar-refractivity contribution in [1.29, 1.82) is 0 Å². The quantitative estimate of drug-likeness (QED) is 0.433. The Labute approximate surface area is 148 Å². The van der Waals surface area contributed by atoms with Crippen LogP contribution in [0.2, 0.25) is 0 Å². The summed E-state index contributed by atoms with van der Waals surface area (Å²) in [6, 6.07) is 5.72. The van der Waals surface area contributed by atoms with Crippen molar-refractivity contribution in [3.8, 4) is 0 Å². The molecule has 1 aliphatic rings. The highest BCUT2D eigenvalue weighted by molar-refractivity contribution is 8.26. The molecule has 2 N–H and O–H groups in total. The second-order valence-corrected chi connectivity index (χ2v) is 7.91. The van der Waals surface area contributed by atoms with Gasteiger partial charge in [0.05, 0.1) is 4.91 Å². The molecule has 0 spiro atoms. The van der Waals surface area contributed by atoms with Gasteiger partial charge in [0.2, 0.25) is 0 Å². The van der Waals surface area contributed by atoms with Gasteiger partial charge >= 0.3 is 5.97 Å². The summed E-state index contributed by atoms with van der Waals surface area (Å²) in [6.07, 6.45) is 1.53. The van der Waals surface area contributed by atoms with E-state index in [0.717, 1.165) is 11.8 Å². The fourth-order valence-corrected chi connectivity index (χ4v) is 4.03. The van der Waals surface area contributed by atoms with Crippen molar-refractivity contribution in [3.63, 3.8) is 0 Å². The molecule has 7 nitrogen and oxygen atoms in total. The Balaban J connectivity index is 2.25. The van der Waals surface area contributed by atoms with Crippen LogP contribution in [0.4, 0.5) is 0 Å². The third-order valence-corrected chi connectivity index (χ3v) is 5.43. The zero-order chi connectivity index (χ0) is 17.9. The number of thiocarbonyl (C=S) groups is 1. The summed E-state index contributed by atoms with van der Waals surface area (Å²) in [5, 5.41) is 8.64. The number of benzene rings is 1. The lowest BCUT2D eigenvalue weighted by Crippen LogP contribution is -2.29. The summed E-state index contributed by atoms with van der Waals surface area (Å²) < 4.78 is 32.3. The molecular formula is C14H13NO6S3. The first-order valence-electron chi connectivity index (χ1n) is 6.74. The van der Waals surface area contributed by atoms with E-state index in [1.165, 1.54) is 29.2 Å². The molecule has 0 atom stereocenters. The van der Waals surface area contributed by atoms with E-state index in [4.69, 9.17) is 17.3 Å². The number of hydrogen-bond donors (Lipinski definition) is 2. The molecular weight excluding hydrogens is 374 g/mol. The van der Waals surface area contributed by atoms with E-state index in [1.807, 2.05) is 0 Å². The number of rotatable bonds is 6. The van der Waals surface area contributed by atoms with Gasteiger partial charge in [0.15, 0.2) is 0 Å². The van der Waals surface area contributed by atoms with Gasteiger partial charge in [-0.3, -0.25) is 19.0 Å². The SMILES string of the molecule is O=C(O)CCCN1C(=O)/C(=C/c2ccccc2S(=O)(=O)O)SC1=S. The van der Waals surface area contributed by atoms with Crippen LogP contribution in [0.5, 0.6) is 0 Å². The van der Waals surface area contributed by atoms with Crippen LogP contribution in [-0.4, -0.2) is 45.7 Å². The average Bonchev–Trinajstić information content (AvgIpc) is 2.74. The number of amides is 1. The van der Waals surface area contributed by atoms with Gasteiger partial charge in [-0.25, -0.2) is 0 Å². The van der Waals surface area contributed by atoms with Gasteiger partial charge in [0, 0.05) is 13.0 Å². The van der Waals surface area contributed by atoms with E-state index in [1.54, 1.807) is 6.07 Å². The predicted octanol–water partition coefficient (Wildman–Crippen LogP) is 2.00. The second kappa shape index (κ2) is 7.43. The molecule has 0 bridgehead atoms. The third-order valence-electron chi connectivity index (χ3n) is 3.13. The Morgan fingerprint density at radius 1 is 1.33 bits per heavy atom. The fourth-order valence-electron chi connectivity index (χ4n) is 2.06. The molecule has 0 aromatic heterocycles. The van der Waals surface area contributed by atoms with E-state index >= 15 is 0 Å². The van der Waals surface area contributed by atoms with Crippen LogP contribution in [0.25, 0.3) is 6.08 Å². The van der Waals surface area contributed by atoms with E-state index in [-0.39, 0.29) is 39.1 Å². The third kappa shape index (κ3) is 4.41. The smallest absolute Gasteiger partial charge is 0.303 e. The van der Waals surface area contributed by atoms with E-state index in [9.17, 15) is 22.6 Å². The maximum absolute atomic E-state index is 12.3. The predicted molar refractivity (Wildman–Crippen MR) is 93.0 cm³/mol. The lowest BCUT2D eigenvalue weighted by atomic mass is 10.2. The van der Waals surface area contributed by atoms with Crippen LogP contribution in [0, 0.1) is 0 Å². The zero-order valence-electron chi connectivity index (χ0n) is 12.2. The fraction of sp³-hybridized carbons (Fsp3) is 0.214. The van der Waals surface area contributed by atoms with Crippen LogP contribution in [0.15, 0.2) is 34.1 Å². The maximum atomic E-state index is 12.3. The largest absolute Gasteiger partial charge is 0.481 e. The highest BCUT2D eigenvalue weighted by atomic mass is 32.2. The molecule has 0 aliphatic carbocycles. The van der Waals surface area contributed by atoms with E-state index in [0.29, 0.717) is 0 Å². The molecule has 10 heteroatoms. The minimum atomic E-state index is -4.42. The molecule has 0 radical (unpaired) electrons. The Morgan fingerprint density at radius 2 is 2.00 bits per heavy atom. The van der Waals surface area contributed by atoms with Gasteiger partial charge in [-0.05, 0) is 24.1 Å². The Kier molecular flexibility index (Phi) is 5.75. The Hall–Kier alpha value is -1.75. The molecule has 1 amide bonds. The molecule has 128 valence electrons. The highest BCUT2D eigenvalue weighted by Crippen LogP contribution is 2.33. The topological polar surface area (TPSA) is 112 Å². The van der Waals surface area contributed by atoms with Crippen molar-refractivity contribution < 1.29 is 27.7 Å². The van der Waals surface area contributed by atoms with Crippen molar-refractivity contribution in [2.24, 2.45) is 0 Å². The monoisotopic (exact) mass is 387 g/mol. The van der Waals surface area contributed by atoms with Crippen LogP contribution in [0.1, 0.15) is 18.4 Å². The normalized spacial score (nSPS) is 16.9. The molecule has 1 fully saturated rings. The number of hydrogen-bond acceptors (Lipinski definition) is 6. The summed E-state index contributed by atoms with van der Waals surface area (Å²) in [4.78, 5) is 24.1. The molecule has 1 aromatic rings. The van der Waals surface area contributed by atoms with Crippen LogP contribution < -0.4 is 0 Å². The van der Waals surface area contributed by atoms with Crippen LogP contribution >= 0.6 is 24.0 Å². The number of carboxylic acid groups (broad SMARTS) is 1. The van der Waals surface area contributed by atoms with Crippen LogP contribution in [-0.2, 0) is 19.7 Å². The number of aliphatic carboxylic acids is 1. The van der Waals surface area contributed by atoms with Gasteiger partial charge < -0.3 is 5.11 Å². The number of nitrogens with zero attached hydrogens (tertiary/aromatic N) is 1.